The van der Waals surface area contributed by atoms with Crippen LogP contribution in [0.25, 0.3) is 5.65 Å². The third kappa shape index (κ3) is 5.74. The molecule has 0 aromatic carbocycles. The summed E-state index contributed by atoms with van der Waals surface area (Å²) >= 11 is 0. The number of hydrogen-bond acceptors (Lipinski definition) is 8. The number of likely N-dealkylation sites (N-methyl/N-ethyl adjacent to an activating group) is 1. The number of rotatable bonds is 7. The maximum absolute atomic E-state index is 13.1. The Bertz CT molecular complexity index is 1430. The molecule has 6 rings (SSSR count). The molecule has 3 aromatic heterocycles. The lowest BCUT2D eigenvalue weighted by Crippen LogP contribution is -2.56. The minimum Gasteiger partial charge on any atom is -0.364 e. The molecule has 0 radical (unpaired) electrons. The molecule has 15 heteroatoms. The van der Waals surface area contributed by atoms with E-state index in [2.05, 4.69) is 25.3 Å². The lowest BCUT2D eigenvalue weighted by atomic mass is 10.0. The molecular formula is C27H35F3N10O2. The minimum absolute atomic E-state index is 0.0267. The number of piperazine rings is 2. The number of carbonyl (C=O) groups is 2. The fourth-order valence-electron chi connectivity index (χ4n) is 6.12. The number of carbonyl (C=O) groups excluding carboxylic acids is 2. The normalized spacial score (nSPS) is 22.2. The van der Waals surface area contributed by atoms with Gasteiger partial charge in [-0.1, -0.05) is 6.92 Å². The molecule has 3 aliphatic rings. The first-order valence-corrected chi connectivity index (χ1v) is 14.3. The molecule has 3 saturated heterocycles. The third-order valence-electron chi connectivity index (χ3n) is 8.53. The molecule has 12 nitrogen and oxygen atoms in total. The molecule has 3 aromatic rings. The van der Waals surface area contributed by atoms with Crippen molar-refractivity contribution in [2.75, 3.05) is 56.5 Å². The molecule has 0 saturated carbocycles. The van der Waals surface area contributed by atoms with Gasteiger partial charge in [-0.25, -0.2) is 4.52 Å². The van der Waals surface area contributed by atoms with Gasteiger partial charge in [-0.05, 0) is 32.0 Å². The van der Waals surface area contributed by atoms with E-state index in [1.807, 2.05) is 24.1 Å². The molecule has 2 amide bonds. The van der Waals surface area contributed by atoms with E-state index in [1.54, 1.807) is 32.7 Å². The summed E-state index contributed by atoms with van der Waals surface area (Å²) < 4.78 is 42.5. The van der Waals surface area contributed by atoms with E-state index in [9.17, 15) is 22.8 Å². The number of amides is 2. The Morgan fingerprint density at radius 2 is 1.81 bits per heavy atom. The molecular weight excluding hydrogens is 553 g/mol. The molecule has 3 atom stereocenters. The molecule has 0 spiro atoms. The molecule has 0 aliphatic carbocycles. The van der Waals surface area contributed by atoms with Crippen LogP contribution in [0.2, 0.25) is 0 Å². The van der Waals surface area contributed by atoms with E-state index < -0.39 is 24.4 Å². The number of nitrogens with one attached hydrogen (secondary N) is 1. The Labute approximate surface area is 241 Å². The van der Waals surface area contributed by atoms with E-state index >= 15 is 0 Å². The number of hydrogen-bond donors (Lipinski definition) is 1. The number of alkyl halides is 3. The van der Waals surface area contributed by atoms with Gasteiger partial charge in [0.25, 0.3) is 0 Å². The van der Waals surface area contributed by atoms with Gasteiger partial charge in [-0.2, -0.15) is 23.3 Å². The van der Waals surface area contributed by atoms with Crippen molar-refractivity contribution >= 4 is 34.8 Å². The molecule has 6 heterocycles. The Balaban J connectivity index is 1.11. The van der Waals surface area contributed by atoms with Crippen LogP contribution >= 0.6 is 0 Å². The van der Waals surface area contributed by atoms with Crippen LogP contribution in [0.3, 0.4) is 0 Å². The largest absolute Gasteiger partial charge is 0.392 e. The molecule has 3 fully saturated rings. The van der Waals surface area contributed by atoms with Crippen molar-refractivity contribution in [3.63, 3.8) is 0 Å². The molecule has 2 bridgehead atoms. The summed E-state index contributed by atoms with van der Waals surface area (Å²) in [7, 11) is 2.04. The third-order valence-corrected chi connectivity index (χ3v) is 8.53. The van der Waals surface area contributed by atoms with Gasteiger partial charge in [-0.15, -0.1) is 5.10 Å². The topological polar surface area (TPSA) is 107 Å². The lowest BCUT2D eigenvalue weighted by Gasteiger charge is -2.42. The van der Waals surface area contributed by atoms with Gasteiger partial charge in [0, 0.05) is 70.2 Å². The number of pyridine rings is 1. The van der Waals surface area contributed by atoms with Crippen molar-refractivity contribution in [3.05, 3.63) is 30.7 Å². The Kier molecular flexibility index (Phi) is 7.45. The second-order valence-electron chi connectivity index (χ2n) is 11.6. The van der Waals surface area contributed by atoms with E-state index in [4.69, 9.17) is 4.98 Å². The second-order valence-corrected chi connectivity index (χ2v) is 11.6. The van der Waals surface area contributed by atoms with Crippen molar-refractivity contribution in [1.82, 2.24) is 39.1 Å². The average molecular weight is 589 g/mol. The SMILES string of the molecule is CC(CC(=O)N1C2CCC1CN(c1cccn3nc(Nc4cnn(CC(=O)N5CCN(C)CC5)c4)nc13)C2)C(F)(F)F. The average Bonchev–Trinajstić information content (AvgIpc) is 3.63. The summed E-state index contributed by atoms with van der Waals surface area (Å²) in [6.45, 7) is 5.38. The molecule has 42 heavy (non-hydrogen) atoms. The highest BCUT2D eigenvalue weighted by Crippen LogP contribution is 2.36. The maximum atomic E-state index is 13.1. The summed E-state index contributed by atoms with van der Waals surface area (Å²) in [5.74, 6) is -1.70. The lowest BCUT2D eigenvalue weighted by molar-refractivity contribution is -0.177. The Hall–Kier alpha value is -3.88. The quantitative estimate of drug-likeness (QED) is 0.448. The fourth-order valence-corrected chi connectivity index (χ4v) is 6.12. The van der Waals surface area contributed by atoms with Crippen LogP contribution in [-0.2, 0) is 16.1 Å². The summed E-state index contributed by atoms with van der Waals surface area (Å²) in [5, 5.41) is 12.0. The van der Waals surface area contributed by atoms with Gasteiger partial charge in [0.05, 0.1) is 23.5 Å². The number of aromatic nitrogens is 5. The van der Waals surface area contributed by atoms with E-state index in [0.29, 0.717) is 43.5 Å². The maximum Gasteiger partial charge on any atom is 0.392 e. The van der Waals surface area contributed by atoms with Crippen molar-refractivity contribution in [2.24, 2.45) is 5.92 Å². The van der Waals surface area contributed by atoms with Gasteiger partial charge in [0.15, 0.2) is 5.65 Å². The first-order valence-electron chi connectivity index (χ1n) is 14.3. The molecule has 1 N–H and O–H groups in total. The number of nitrogens with zero attached hydrogens (tertiary/aromatic N) is 9. The Morgan fingerprint density at radius 1 is 1.10 bits per heavy atom. The van der Waals surface area contributed by atoms with Gasteiger partial charge in [-0.3, -0.25) is 14.3 Å². The predicted octanol–water partition coefficient (Wildman–Crippen LogP) is 2.21. The van der Waals surface area contributed by atoms with Gasteiger partial charge >= 0.3 is 6.18 Å². The van der Waals surface area contributed by atoms with Crippen LogP contribution in [0.1, 0.15) is 26.2 Å². The highest BCUT2D eigenvalue weighted by Gasteiger charge is 2.45. The zero-order valence-electron chi connectivity index (χ0n) is 23.7. The van der Waals surface area contributed by atoms with Crippen molar-refractivity contribution in [2.45, 2.75) is 51.0 Å². The number of fused-ring (bicyclic) bond motifs is 3. The van der Waals surface area contributed by atoms with Gasteiger partial charge in [0.1, 0.15) is 6.54 Å². The van der Waals surface area contributed by atoms with E-state index in [0.717, 1.165) is 38.5 Å². The summed E-state index contributed by atoms with van der Waals surface area (Å²) in [6, 6.07) is 3.53. The highest BCUT2D eigenvalue weighted by atomic mass is 19.4. The van der Waals surface area contributed by atoms with Crippen LogP contribution in [-0.4, -0.2) is 115 Å². The zero-order chi connectivity index (χ0) is 29.6. The van der Waals surface area contributed by atoms with Crippen molar-refractivity contribution in [1.29, 1.82) is 0 Å². The van der Waals surface area contributed by atoms with E-state index in [1.165, 1.54) is 0 Å². The van der Waals surface area contributed by atoms with Gasteiger partial charge < -0.3 is 24.9 Å². The summed E-state index contributed by atoms with van der Waals surface area (Å²) in [4.78, 5) is 38.1. The molecule has 226 valence electrons. The Morgan fingerprint density at radius 3 is 2.50 bits per heavy atom. The second kappa shape index (κ2) is 11.1. The summed E-state index contributed by atoms with van der Waals surface area (Å²) in [6.07, 6.45) is 1.78. The van der Waals surface area contributed by atoms with Crippen LogP contribution in [0.5, 0.6) is 0 Å². The zero-order valence-corrected chi connectivity index (χ0v) is 23.7. The number of halogens is 3. The van der Waals surface area contributed by atoms with E-state index in [-0.39, 0.29) is 24.5 Å². The van der Waals surface area contributed by atoms with Crippen molar-refractivity contribution in [3.8, 4) is 0 Å². The fraction of sp³-hybridized carbons (Fsp3) is 0.593. The molecule has 3 unspecified atom stereocenters. The van der Waals surface area contributed by atoms with Crippen LogP contribution in [0.15, 0.2) is 30.7 Å². The smallest absolute Gasteiger partial charge is 0.364 e. The minimum atomic E-state index is -4.38. The van der Waals surface area contributed by atoms with Crippen LogP contribution in [0.4, 0.5) is 30.5 Å². The standard InChI is InChI=1S/C27H35F3N10O2/c1-18(27(28,29)30)12-23(41)40-20-5-6-21(40)16-37(15-20)22-4-3-7-39-25(22)33-26(34-39)32-19-13-31-38(14-19)17-24(42)36-10-8-35(2)9-11-36/h3-4,7,13-14,18,20-21H,5-6,8-12,15-17H2,1-2H3,(H,32,34). The molecule has 3 aliphatic heterocycles. The first kappa shape index (κ1) is 28.2. The summed E-state index contributed by atoms with van der Waals surface area (Å²) in [5.41, 5.74) is 2.12. The first-order chi connectivity index (χ1) is 20.0. The van der Waals surface area contributed by atoms with Crippen molar-refractivity contribution < 1.29 is 22.8 Å². The van der Waals surface area contributed by atoms with Crippen LogP contribution < -0.4 is 10.2 Å². The highest BCUT2D eigenvalue weighted by molar-refractivity contribution is 5.79. The predicted molar refractivity (Wildman–Crippen MR) is 148 cm³/mol. The van der Waals surface area contributed by atoms with Gasteiger partial charge in [0.2, 0.25) is 17.8 Å². The number of anilines is 3. The van der Waals surface area contributed by atoms with Crippen LogP contribution in [0, 0.1) is 5.92 Å². The monoisotopic (exact) mass is 588 g/mol.